The Hall–Kier alpha value is -2.33. The fourth-order valence-electron chi connectivity index (χ4n) is 2.77. The first-order chi connectivity index (χ1) is 11.3. The van der Waals surface area contributed by atoms with Crippen LogP contribution in [0.5, 0.6) is 0 Å². The third-order valence-corrected chi connectivity index (χ3v) is 4.27. The molecule has 0 radical (unpaired) electrons. The molecule has 0 aromatic heterocycles. The predicted molar refractivity (Wildman–Crippen MR) is 96.3 cm³/mol. The number of benzene rings is 2. The Morgan fingerprint density at radius 1 is 0.875 bits per heavy atom. The van der Waals surface area contributed by atoms with Crippen LogP contribution in [0.1, 0.15) is 38.8 Å². The van der Waals surface area contributed by atoms with Gasteiger partial charge in [0, 0.05) is 0 Å². The molecule has 0 unspecified atom stereocenters. The van der Waals surface area contributed by atoms with Gasteiger partial charge < -0.3 is 5.32 Å². The van der Waals surface area contributed by atoms with Gasteiger partial charge in [-0.05, 0) is 38.8 Å². The normalized spacial score (nSPS) is 11.9. The molecule has 0 aliphatic rings. The quantitative estimate of drug-likeness (QED) is 0.826. The van der Waals surface area contributed by atoms with Crippen molar-refractivity contribution < 1.29 is 9.63 Å². The zero-order valence-corrected chi connectivity index (χ0v) is 15.0. The Morgan fingerprint density at radius 2 is 1.33 bits per heavy atom. The molecule has 0 fully saturated rings. The van der Waals surface area contributed by atoms with E-state index < -0.39 is 11.1 Å². The lowest BCUT2D eigenvalue weighted by Crippen LogP contribution is -2.54. The second-order valence-electron chi connectivity index (χ2n) is 6.82. The van der Waals surface area contributed by atoms with E-state index in [1.54, 1.807) is 0 Å². The lowest BCUT2D eigenvalue weighted by molar-refractivity contribution is -0.152. The molecule has 0 aliphatic carbocycles. The minimum absolute atomic E-state index is 0.278. The lowest BCUT2D eigenvalue weighted by Gasteiger charge is -2.39. The highest BCUT2D eigenvalue weighted by atomic mass is 16.7. The largest absolute Gasteiger partial charge is 0.342 e. The molecular weight excluding hydrogens is 300 g/mol. The smallest absolute Gasteiger partial charge is 0.327 e. The van der Waals surface area contributed by atoms with Gasteiger partial charge in [-0.25, -0.2) is 4.79 Å². The minimum Gasteiger partial charge on any atom is -0.327 e. The molecule has 2 amide bonds. The van der Waals surface area contributed by atoms with Crippen LogP contribution in [0.15, 0.2) is 60.7 Å². The van der Waals surface area contributed by atoms with Crippen molar-refractivity contribution in [2.45, 2.75) is 38.8 Å². The van der Waals surface area contributed by atoms with Gasteiger partial charge in [0.1, 0.15) is 0 Å². The zero-order valence-electron chi connectivity index (χ0n) is 15.0. The number of hydroxylamine groups is 2. The molecule has 0 bridgehead atoms. The van der Waals surface area contributed by atoms with Gasteiger partial charge in [0.25, 0.3) is 0 Å². The monoisotopic (exact) mass is 326 g/mol. The first-order valence-corrected chi connectivity index (χ1v) is 8.06. The van der Waals surface area contributed by atoms with Crippen LogP contribution in [-0.4, -0.2) is 18.2 Å². The van der Waals surface area contributed by atoms with E-state index in [2.05, 4.69) is 5.32 Å². The molecule has 0 aliphatic heterocycles. The Balaban J connectivity index is 2.23. The van der Waals surface area contributed by atoms with Crippen LogP contribution >= 0.6 is 0 Å². The molecule has 2 aromatic carbocycles. The fraction of sp³-hybridized carbons (Fsp3) is 0.350. The number of carbonyl (C=O) groups excluding carboxylic acids is 1. The summed E-state index contributed by atoms with van der Waals surface area (Å²) < 4.78 is 0. The molecule has 0 atom stereocenters. The third-order valence-electron chi connectivity index (χ3n) is 4.27. The van der Waals surface area contributed by atoms with Gasteiger partial charge in [-0.1, -0.05) is 60.7 Å². The summed E-state index contributed by atoms with van der Waals surface area (Å²) >= 11 is 0. The molecule has 0 spiro atoms. The summed E-state index contributed by atoms with van der Waals surface area (Å²) in [4.78, 5) is 18.3. The zero-order chi connectivity index (χ0) is 17.8. The summed E-state index contributed by atoms with van der Waals surface area (Å²) in [6, 6.07) is 19.4. The van der Waals surface area contributed by atoms with E-state index >= 15 is 0 Å². The number of hydrogen-bond donors (Lipinski definition) is 1. The van der Waals surface area contributed by atoms with Gasteiger partial charge in [-0.3, -0.25) is 4.84 Å². The Bertz CT molecular complexity index is 667. The maximum atomic E-state index is 12.9. The summed E-state index contributed by atoms with van der Waals surface area (Å²) in [6.07, 6.45) is 0. The maximum absolute atomic E-state index is 12.9. The lowest BCUT2D eigenvalue weighted by atomic mass is 9.93. The molecule has 0 saturated carbocycles. The van der Waals surface area contributed by atoms with Crippen molar-refractivity contribution in [3.05, 3.63) is 71.8 Å². The number of urea groups is 1. The van der Waals surface area contributed by atoms with Gasteiger partial charge in [0.15, 0.2) is 0 Å². The molecule has 0 saturated heterocycles. The van der Waals surface area contributed by atoms with Gasteiger partial charge in [-0.2, -0.15) is 5.06 Å². The summed E-state index contributed by atoms with van der Waals surface area (Å²) in [6.45, 7) is 7.87. The maximum Gasteiger partial charge on any atom is 0.342 e. The number of hydrogen-bond acceptors (Lipinski definition) is 2. The Morgan fingerprint density at radius 3 is 1.79 bits per heavy atom. The fourth-order valence-corrected chi connectivity index (χ4v) is 2.77. The van der Waals surface area contributed by atoms with Crippen LogP contribution in [0.25, 0.3) is 0 Å². The molecule has 2 aromatic rings. The van der Waals surface area contributed by atoms with Crippen molar-refractivity contribution in [3.8, 4) is 0 Å². The topological polar surface area (TPSA) is 41.6 Å². The van der Waals surface area contributed by atoms with E-state index in [1.807, 2.05) is 88.4 Å². The van der Waals surface area contributed by atoms with E-state index in [0.717, 1.165) is 11.1 Å². The molecular formula is C20H26N2O2. The summed E-state index contributed by atoms with van der Waals surface area (Å²) in [5, 5.41) is 4.44. The highest BCUT2D eigenvalue weighted by Gasteiger charge is 2.36. The molecule has 0 heterocycles. The number of amides is 2. The van der Waals surface area contributed by atoms with Crippen molar-refractivity contribution >= 4 is 6.03 Å². The molecule has 4 heteroatoms. The first kappa shape index (κ1) is 18.0. The second kappa shape index (κ2) is 7.05. The van der Waals surface area contributed by atoms with Crippen molar-refractivity contribution in [1.29, 1.82) is 0 Å². The predicted octanol–water partition coefficient (Wildman–Crippen LogP) is 4.43. The Labute approximate surface area is 144 Å². The number of nitrogens with one attached hydrogen (secondary N) is 1. The van der Waals surface area contributed by atoms with Crippen LogP contribution in [0.3, 0.4) is 0 Å². The van der Waals surface area contributed by atoms with Gasteiger partial charge >= 0.3 is 6.03 Å². The highest BCUT2D eigenvalue weighted by Crippen LogP contribution is 2.29. The van der Waals surface area contributed by atoms with Crippen LogP contribution in [-0.2, 0) is 15.9 Å². The van der Waals surface area contributed by atoms with Crippen molar-refractivity contribution in [1.82, 2.24) is 10.4 Å². The summed E-state index contributed by atoms with van der Waals surface area (Å²) in [5.41, 5.74) is 0.917. The SMILES string of the molecule is CON(C(=O)NC(C)(C)c1ccccc1)C(C)(C)c1ccccc1. The molecule has 4 nitrogen and oxygen atoms in total. The average Bonchev–Trinajstić information content (AvgIpc) is 2.56. The average molecular weight is 326 g/mol. The van der Waals surface area contributed by atoms with Crippen LogP contribution < -0.4 is 5.32 Å². The number of rotatable bonds is 5. The van der Waals surface area contributed by atoms with Crippen molar-refractivity contribution in [3.63, 3.8) is 0 Å². The van der Waals surface area contributed by atoms with E-state index in [9.17, 15) is 4.79 Å². The van der Waals surface area contributed by atoms with E-state index in [1.165, 1.54) is 12.2 Å². The Kier molecular flexibility index (Phi) is 5.30. The standard InChI is InChI=1S/C20H26N2O2/c1-19(2,16-12-8-6-9-13-16)21-18(23)22(24-5)20(3,4)17-14-10-7-11-15-17/h6-15H,1-5H3,(H,21,23). The van der Waals surface area contributed by atoms with E-state index in [-0.39, 0.29) is 6.03 Å². The molecule has 2 rings (SSSR count). The van der Waals surface area contributed by atoms with Crippen LogP contribution in [0, 0.1) is 0 Å². The third kappa shape index (κ3) is 3.77. The van der Waals surface area contributed by atoms with Gasteiger partial charge in [-0.15, -0.1) is 0 Å². The van der Waals surface area contributed by atoms with Gasteiger partial charge in [0.2, 0.25) is 0 Å². The van der Waals surface area contributed by atoms with E-state index in [4.69, 9.17) is 4.84 Å². The number of nitrogens with zero attached hydrogens (tertiary/aromatic N) is 1. The van der Waals surface area contributed by atoms with Crippen LogP contribution in [0.2, 0.25) is 0 Å². The minimum atomic E-state index is -0.604. The first-order valence-electron chi connectivity index (χ1n) is 8.06. The molecule has 1 N–H and O–H groups in total. The number of carbonyl (C=O) groups is 1. The van der Waals surface area contributed by atoms with Crippen molar-refractivity contribution in [2.24, 2.45) is 0 Å². The molecule has 128 valence electrons. The highest BCUT2D eigenvalue weighted by molar-refractivity contribution is 5.75. The summed E-state index contributed by atoms with van der Waals surface area (Å²) in [7, 11) is 1.51. The van der Waals surface area contributed by atoms with Crippen molar-refractivity contribution in [2.75, 3.05) is 7.11 Å². The second-order valence-corrected chi connectivity index (χ2v) is 6.82. The van der Waals surface area contributed by atoms with Crippen LogP contribution in [0.4, 0.5) is 4.79 Å². The molecule has 24 heavy (non-hydrogen) atoms. The summed E-state index contributed by atoms with van der Waals surface area (Å²) in [5.74, 6) is 0. The van der Waals surface area contributed by atoms with E-state index in [0.29, 0.717) is 0 Å². The van der Waals surface area contributed by atoms with Gasteiger partial charge in [0.05, 0.1) is 18.2 Å².